The maximum atomic E-state index is 11.5. The fourth-order valence-corrected chi connectivity index (χ4v) is 1.87. The third-order valence-electron chi connectivity index (χ3n) is 2.85. The van der Waals surface area contributed by atoms with Gasteiger partial charge in [0.05, 0.1) is 6.54 Å². The van der Waals surface area contributed by atoms with Crippen LogP contribution in [0.1, 0.15) is 12.8 Å². The summed E-state index contributed by atoms with van der Waals surface area (Å²) in [5.41, 5.74) is 0. The summed E-state index contributed by atoms with van der Waals surface area (Å²) >= 11 is 5.39. The maximum Gasteiger partial charge on any atom is 0.239 e. The van der Waals surface area contributed by atoms with Gasteiger partial charge < -0.3 is 15.0 Å². The molecule has 1 aliphatic rings. The van der Waals surface area contributed by atoms with Crippen molar-refractivity contribution in [2.75, 3.05) is 39.2 Å². The zero-order chi connectivity index (χ0) is 12.7. The molecule has 0 saturated carbocycles. The molecule has 1 saturated heterocycles. The Morgan fingerprint density at radius 2 is 2.06 bits per heavy atom. The number of hydrogen-bond acceptors (Lipinski definition) is 3. The van der Waals surface area contributed by atoms with Gasteiger partial charge in [0.2, 0.25) is 11.8 Å². The molecule has 1 N–H and O–H groups in total. The third-order valence-corrected chi connectivity index (χ3v) is 3.08. The number of carbonyl (C=O) groups is 2. The zero-order valence-electron chi connectivity index (χ0n) is 10.1. The lowest BCUT2D eigenvalue weighted by Gasteiger charge is -2.23. The predicted molar refractivity (Wildman–Crippen MR) is 64.9 cm³/mol. The molecule has 98 valence electrons. The molecule has 5 nitrogen and oxygen atoms in total. The van der Waals surface area contributed by atoms with Crippen molar-refractivity contribution >= 4 is 23.4 Å². The topological polar surface area (TPSA) is 58.6 Å². The van der Waals surface area contributed by atoms with E-state index in [1.165, 1.54) is 4.90 Å². The second kappa shape index (κ2) is 7.50. The van der Waals surface area contributed by atoms with Crippen molar-refractivity contribution in [3.05, 3.63) is 0 Å². The van der Waals surface area contributed by atoms with Crippen molar-refractivity contribution in [1.29, 1.82) is 0 Å². The summed E-state index contributed by atoms with van der Waals surface area (Å²) in [5, 5.41) is 2.83. The number of amides is 2. The number of ether oxygens (including phenoxy) is 1. The number of rotatable bonds is 5. The highest BCUT2D eigenvalue weighted by Gasteiger charge is 2.16. The Bertz CT molecular complexity index is 267. The normalized spacial score (nSPS) is 16.6. The van der Waals surface area contributed by atoms with Gasteiger partial charge in [0.15, 0.2) is 0 Å². The summed E-state index contributed by atoms with van der Waals surface area (Å²) in [4.78, 5) is 24.0. The molecular weight excluding hydrogens is 244 g/mol. The van der Waals surface area contributed by atoms with Crippen molar-refractivity contribution in [3.63, 3.8) is 0 Å². The second-order valence-electron chi connectivity index (χ2n) is 4.24. The summed E-state index contributed by atoms with van der Waals surface area (Å²) < 4.78 is 5.24. The van der Waals surface area contributed by atoms with E-state index in [1.807, 2.05) is 0 Å². The first kappa shape index (κ1) is 14.3. The van der Waals surface area contributed by atoms with Crippen LogP contribution in [-0.2, 0) is 14.3 Å². The van der Waals surface area contributed by atoms with E-state index in [2.05, 4.69) is 5.32 Å². The lowest BCUT2D eigenvalue weighted by atomic mass is 10.0. The highest BCUT2D eigenvalue weighted by Crippen LogP contribution is 2.12. The smallest absolute Gasteiger partial charge is 0.239 e. The van der Waals surface area contributed by atoms with Crippen molar-refractivity contribution in [1.82, 2.24) is 10.2 Å². The monoisotopic (exact) mass is 262 g/mol. The van der Waals surface area contributed by atoms with Gasteiger partial charge in [-0.2, -0.15) is 0 Å². The van der Waals surface area contributed by atoms with E-state index in [1.54, 1.807) is 7.05 Å². The molecule has 0 bridgehead atoms. The Labute approximate surface area is 106 Å². The van der Waals surface area contributed by atoms with Crippen LogP contribution < -0.4 is 5.32 Å². The van der Waals surface area contributed by atoms with Crippen molar-refractivity contribution in [3.8, 4) is 0 Å². The van der Waals surface area contributed by atoms with Gasteiger partial charge in [0, 0.05) is 26.8 Å². The highest BCUT2D eigenvalue weighted by molar-refractivity contribution is 6.27. The van der Waals surface area contributed by atoms with Crippen LogP contribution in [0, 0.1) is 5.92 Å². The Kier molecular flexibility index (Phi) is 6.29. The van der Waals surface area contributed by atoms with Crippen LogP contribution in [0.2, 0.25) is 0 Å². The van der Waals surface area contributed by atoms with Crippen molar-refractivity contribution < 1.29 is 14.3 Å². The molecule has 17 heavy (non-hydrogen) atoms. The number of halogens is 1. The van der Waals surface area contributed by atoms with Gasteiger partial charge in [-0.05, 0) is 18.8 Å². The largest absolute Gasteiger partial charge is 0.381 e. The molecule has 1 rings (SSSR count). The molecular formula is C11H19ClN2O3. The average Bonchev–Trinajstić information content (AvgIpc) is 2.36. The first-order valence-electron chi connectivity index (χ1n) is 5.78. The fraction of sp³-hybridized carbons (Fsp3) is 0.818. The van der Waals surface area contributed by atoms with E-state index >= 15 is 0 Å². The van der Waals surface area contributed by atoms with E-state index in [4.69, 9.17) is 16.3 Å². The molecule has 6 heteroatoms. The number of nitrogens with one attached hydrogen (secondary N) is 1. The molecule has 0 aromatic heterocycles. The minimum absolute atomic E-state index is 0.0643. The molecule has 2 amide bonds. The molecule has 0 aromatic carbocycles. The number of carbonyl (C=O) groups excluding carboxylic acids is 2. The lowest BCUT2D eigenvalue weighted by molar-refractivity contribution is -0.132. The third kappa shape index (κ3) is 5.37. The molecule has 0 radical (unpaired) electrons. The van der Waals surface area contributed by atoms with Gasteiger partial charge in [0.1, 0.15) is 5.88 Å². The van der Waals surface area contributed by atoms with E-state index in [-0.39, 0.29) is 24.2 Å². The quantitative estimate of drug-likeness (QED) is 0.722. The number of hydrogen-bond donors (Lipinski definition) is 1. The van der Waals surface area contributed by atoms with Crippen molar-refractivity contribution in [2.45, 2.75) is 12.8 Å². The van der Waals surface area contributed by atoms with Crippen LogP contribution in [0.25, 0.3) is 0 Å². The first-order valence-corrected chi connectivity index (χ1v) is 6.31. The van der Waals surface area contributed by atoms with Crippen LogP contribution in [0.15, 0.2) is 0 Å². The summed E-state index contributed by atoms with van der Waals surface area (Å²) in [6, 6.07) is 0. The Morgan fingerprint density at radius 1 is 1.41 bits per heavy atom. The Balaban J connectivity index is 2.18. The van der Waals surface area contributed by atoms with Gasteiger partial charge in [-0.1, -0.05) is 0 Å². The molecule has 0 atom stereocenters. The van der Waals surface area contributed by atoms with Crippen LogP contribution in [0.4, 0.5) is 0 Å². The van der Waals surface area contributed by atoms with Crippen LogP contribution in [0.5, 0.6) is 0 Å². The summed E-state index contributed by atoms with van der Waals surface area (Å²) in [6.07, 6.45) is 1.97. The zero-order valence-corrected chi connectivity index (χ0v) is 10.8. The van der Waals surface area contributed by atoms with Crippen LogP contribution in [-0.4, -0.2) is 55.9 Å². The van der Waals surface area contributed by atoms with Gasteiger partial charge in [-0.15, -0.1) is 11.6 Å². The Hall–Kier alpha value is -0.810. The summed E-state index contributed by atoms with van der Waals surface area (Å²) in [5.74, 6) is 0.0103. The molecule has 0 aromatic rings. The minimum atomic E-state index is -0.243. The minimum Gasteiger partial charge on any atom is -0.381 e. The fourth-order valence-electron chi connectivity index (χ4n) is 1.67. The molecule has 1 aliphatic heterocycles. The number of nitrogens with zero attached hydrogens (tertiary/aromatic N) is 1. The summed E-state index contributed by atoms with van der Waals surface area (Å²) in [6.45, 7) is 2.26. The van der Waals surface area contributed by atoms with Gasteiger partial charge in [-0.25, -0.2) is 0 Å². The van der Waals surface area contributed by atoms with Gasteiger partial charge >= 0.3 is 0 Å². The van der Waals surface area contributed by atoms with Crippen molar-refractivity contribution in [2.24, 2.45) is 5.92 Å². The predicted octanol–water partition coefficient (Wildman–Crippen LogP) is 0.226. The SMILES string of the molecule is CN(CC(=O)NCC1CCOCC1)C(=O)CCl. The maximum absolute atomic E-state index is 11.5. The van der Waals surface area contributed by atoms with Crippen LogP contribution in [0.3, 0.4) is 0 Å². The first-order chi connectivity index (χ1) is 8.13. The molecule has 0 spiro atoms. The van der Waals surface area contributed by atoms with E-state index < -0.39 is 0 Å². The average molecular weight is 263 g/mol. The summed E-state index contributed by atoms with van der Waals surface area (Å²) in [7, 11) is 1.57. The molecule has 0 unspecified atom stereocenters. The van der Waals surface area contributed by atoms with Gasteiger partial charge in [0.25, 0.3) is 0 Å². The second-order valence-corrected chi connectivity index (χ2v) is 4.51. The Morgan fingerprint density at radius 3 is 2.65 bits per heavy atom. The molecule has 0 aliphatic carbocycles. The van der Waals surface area contributed by atoms with Crippen LogP contribution >= 0.6 is 11.6 Å². The van der Waals surface area contributed by atoms with E-state index in [9.17, 15) is 9.59 Å². The lowest BCUT2D eigenvalue weighted by Crippen LogP contribution is -2.41. The van der Waals surface area contributed by atoms with Gasteiger partial charge in [-0.3, -0.25) is 9.59 Å². The standard InChI is InChI=1S/C11H19ClN2O3/c1-14(11(16)6-12)8-10(15)13-7-9-2-4-17-5-3-9/h9H,2-8H2,1H3,(H,13,15). The molecule has 1 fully saturated rings. The number of alkyl halides is 1. The van der Waals surface area contributed by atoms with E-state index in [0.29, 0.717) is 12.5 Å². The number of likely N-dealkylation sites (N-methyl/N-ethyl adjacent to an activating group) is 1. The van der Waals surface area contributed by atoms with E-state index in [0.717, 1.165) is 26.1 Å². The molecule has 1 heterocycles. The highest BCUT2D eigenvalue weighted by atomic mass is 35.5.